The SMILES string of the molecule is CCN[C@@H]1CCN(c2ncccc2C(CC)C(=O)O)C1. The van der Waals surface area contributed by atoms with Crippen molar-refractivity contribution < 1.29 is 9.90 Å². The van der Waals surface area contributed by atoms with Crippen LogP contribution in [0.4, 0.5) is 5.82 Å². The summed E-state index contributed by atoms with van der Waals surface area (Å²) in [6, 6.07) is 4.19. The Morgan fingerprint density at radius 3 is 3.05 bits per heavy atom. The minimum Gasteiger partial charge on any atom is -0.481 e. The van der Waals surface area contributed by atoms with Crippen molar-refractivity contribution in [1.29, 1.82) is 0 Å². The number of carboxylic acid groups (broad SMARTS) is 1. The third kappa shape index (κ3) is 3.10. The normalized spacial score (nSPS) is 20.1. The highest BCUT2D eigenvalue weighted by Crippen LogP contribution is 2.30. The molecule has 0 bridgehead atoms. The van der Waals surface area contributed by atoms with Gasteiger partial charge in [0.05, 0.1) is 5.92 Å². The second-order valence-electron chi connectivity index (χ2n) is 5.20. The van der Waals surface area contributed by atoms with Crippen LogP contribution >= 0.6 is 0 Å². The summed E-state index contributed by atoms with van der Waals surface area (Å²) in [7, 11) is 0. The molecule has 20 heavy (non-hydrogen) atoms. The van der Waals surface area contributed by atoms with Gasteiger partial charge in [0, 0.05) is 30.9 Å². The number of carboxylic acids is 1. The molecule has 1 aromatic heterocycles. The Kier molecular flexibility index (Phi) is 4.95. The van der Waals surface area contributed by atoms with Crippen molar-refractivity contribution >= 4 is 11.8 Å². The van der Waals surface area contributed by atoms with Crippen molar-refractivity contribution in [2.45, 2.75) is 38.6 Å². The summed E-state index contributed by atoms with van der Waals surface area (Å²) in [5, 5.41) is 12.8. The van der Waals surface area contributed by atoms with Crippen molar-refractivity contribution in [3.8, 4) is 0 Å². The van der Waals surface area contributed by atoms with Gasteiger partial charge in [-0.1, -0.05) is 19.9 Å². The molecule has 1 aliphatic rings. The quantitative estimate of drug-likeness (QED) is 0.830. The first-order valence-corrected chi connectivity index (χ1v) is 7.33. The molecule has 0 spiro atoms. The van der Waals surface area contributed by atoms with Crippen LogP contribution in [0.15, 0.2) is 18.3 Å². The van der Waals surface area contributed by atoms with Crippen molar-refractivity contribution in [2.75, 3.05) is 24.5 Å². The van der Waals surface area contributed by atoms with E-state index in [0.717, 1.165) is 37.4 Å². The molecule has 2 rings (SSSR count). The smallest absolute Gasteiger partial charge is 0.311 e. The first kappa shape index (κ1) is 14.8. The van der Waals surface area contributed by atoms with E-state index >= 15 is 0 Å². The highest BCUT2D eigenvalue weighted by Gasteiger charge is 2.28. The fraction of sp³-hybridized carbons (Fsp3) is 0.600. The predicted octanol–water partition coefficient (Wildman–Crippen LogP) is 1.85. The Balaban J connectivity index is 2.22. The van der Waals surface area contributed by atoms with E-state index in [-0.39, 0.29) is 0 Å². The van der Waals surface area contributed by atoms with Crippen LogP contribution in [-0.4, -0.2) is 41.7 Å². The largest absolute Gasteiger partial charge is 0.481 e. The monoisotopic (exact) mass is 277 g/mol. The first-order valence-electron chi connectivity index (χ1n) is 7.33. The summed E-state index contributed by atoms with van der Waals surface area (Å²) in [6.07, 6.45) is 3.40. The van der Waals surface area contributed by atoms with Gasteiger partial charge in [-0.2, -0.15) is 0 Å². The average molecular weight is 277 g/mol. The fourth-order valence-corrected chi connectivity index (χ4v) is 2.88. The van der Waals surface area contributed by atoms with Crippen molar-refractivity contribution in [1.82, 2.24) is 10.3 Å². The fourth-order valence-electron chi connectivity index (χ4n) is 2.88. The van der Waals surface area contributed by atoms with E-state index < -0.39 is 11.9 Å². The zero-order chi connectivity index (χ0) is 14.5. The topological polar surface area (TPSA) is 65.5 Å². The molecule has 1 fully saturated rings. The lowest BCUT2D eigenvalue weighted by molar-refractivity contribution is -0.138. The van der Waals surface area contributed by atoms with Crippen molar-refractivity contribution in [3.63, 3.8) is 0 Å². The number of aliphatic carboxylic acids is 1. The standard InChI is InChI=1S/C15H23N3O2/c1-3-12(15(19)20)13-6-5-8-17-14(13)18-9-7-11(10-18)16-4-2/h5-6,8,11-12,16H,3-4,7,9-10H2,1-2H3,(H,19,20)/t11-,12?/m1/s1. The zero-order valence-electron chi connectivity index (χ0n) is 12.2. The molecule has 1 saturated heterocycles. The average Bonchev–Trinajstić information content (AvgIpc) is 2.89. The Bertz CT molecular complexity index is 464. The highest BCUT2D eigenvalue weighted by molar-refractivity contribution is 5.78. The maximum atomic E-state index is 11.4. The van der Waals surface area contributed by atoms with Crippen LogP contribution in [-0.2, 0) is 4.79 Å². The van der Waals surface area contributed by atoms with E-state index in [9.17, 15) is 9.90 Å². The molecule has 0 aromatic carbocycles. The minimum atomic E-state index is -0.774. The van der Waals surface area contributed by atoms with Gasteiger partial charge in [-0.3, -0.25) is 4.79 Å². The number of carbonyl (C=O) groups is 1. The molecule has 1 aromatic rings. The summed E-state index contributed by atoms with van der Waals surface area (Å²) in [6.45, 7) is 6.79. The number of likely N-dealkylation sites (N-methyl/N-ethyl adjacent to an activating group) is 1. The number of aromatic nitrogens is 1. The summed E-state index contributed by atoms with van der Waals surface area (Å²) >= 11 is 0. The van der Waals surface area contributed by atoms with Gasteiger partial charge < -0.3 is 15.3 Å². The Hall–Kier alpha value is -1.62. The van der Waals surface area contributed by atoms with Crippen LogP contribution in [0.5, 0.6) is 0 Å². The Labute approximate surface area is 120 Å². The van der Waals surface area contributed by atoms with Gasteiger partial charge >= 0.3 is 5.97 Å². The molecule has 1 aliphatic heterocycles. The van der Waals surface area contributed by atoms with Crippen molar-refractivity contribution in [2.24, 2.45) is 0 Å². The second kappa shape index (κ2) is 6.70. The number of nitrogens with one attached hydrogen (secondary N) is 1. The van der Waals surface area contributed by atoms with Crippen LogP contribution in [0, 0.1) is 0 Å². The minimum absolute atomic E-state index is 0.472. The van der Waals surface area contributed by atoms with E-state index in [1.165, 1.54) is 0 Å². The Morgan fingerprint density at radius 1 is 1.60 bits per heavy atom. The molecular formula is C15H23N3O2. The lowest BCUT2D eigenvalue weighted by atomic mass is 9.97. The van der Waals surface area contributed by atoms with Gasteiger partial charge in [-0.15, -0.1) is 0 Å². The van der Waals surface area contributed by atoms with Gasteiger partial charge in [0.1, 0.15) is 5.82 Å². The van der Waals surface area contributed by atoms with Crippen LogP contribution in [0.25, 0.3) is 0 Å². The molecule has 0 radical (unpaired) electrons. The summed E-state index contributed by atoms with van der Waals surface area (Å²) in [5.74, 6) is -0.414. The number of nitrogens with zero attached hydrogens (tertiary/aromatic N) is 2. The molecule has 5 heteroatoms. The van der Waals surface area contributed by atoms with Gasteiger partial charge in [0.2, 0.25) is 0 Å². The second-order valence-corrected chi connectivity index (χ2v) is 5.20. The molecule has 0 aliphatic carbocycles. The lowest BCUT2D eigenvalue weighted by Gasteiger charge is -2.23. The molecule has 2 heterocycles. The van der Waals surface area contributed by atoms with Crippen LogP contribution in [0.2, 0.25) is 0 Å². The van der Waals surface area contributed by atoms with Crippen molar-refractivity contribution in [3.05, 3.63) is 23.9 Å². The van der Waals surface area contributed by atoms with Crippen LogP contribution < -0.4 is 10.2 Å². The third-order valence-electron chi connectivity index (χ3n) is 3.88. The highest BCUT2D eigenvalue weighted by atomic mass is 16.4. The lowest BCUT2D eigenvalue weighted by Crippen LogP contribution is -2.33. The Morgan fingerprint density at radius 2 is 2.40 bits per heavy atom. The van der Waals surface area contributed by atoms with Gasteiger partial charge in [0.15, 0.2) is 0 Å². The number of anilines is 1. The molecule has 5 nitrogen and oxygen atoms in total. The van der Waals surface area contributed by atoms with E-state index in [1.807, 2.05) is 19.1 Å². The van der Waals surface area contributed by atoms with E-state index in [4.69, 9.17) is 0 Å². The van der Waals surface area contributed by atoms with E-state index in [0.29, 0.717) is 12.5 Å². The van der Waals surface area contributed by atoms with Crippen LogP contribution in [0.1, 0.15) is 38.2 Å². The molecule has 2 atom stereocenters. The molecule has 0 amide bonds. The first-order chi connectivity index (χ1) is 9.67. The molecule has 0 saturated carbocycles. The maximum absolute atomic E-state index is 11.4. The number of hydrogen-bond donors (Lipinski definition) is 2. The van der Waals surface area contributed by atoms with Gasteiger partial charge in [-0.05, 0) is 25.5 Å². The van der Waals surface area contributed by atoms with E-state index in [1.54, 1.807) is 6.20 Å². The van der Waals surface area contributed by atoms with E-state index in [2.05, 4.69) is 22.1 Å². The summed E-state index contributed by atoms with van der Waals surface area (Å²) in [4.78, 5) is 18.1. The summed E-state index contributed by atoms with van der Waals surface area (Å²) < 4.78 is 0. The number of hydrogen-bond acceptors (Lipinski definition) is 4. The maximum Gasteiger partial charge on any atom is 0.311 e. The predicted molar refractivity (Wildman–Crippen MR) is 79.2 cm³/mol. The zero-order valence-corrected chi connectivity index (χ0v) is 12.2. The van der Waals surface area contributed by atoms with Gasteiger partial charge in [-0.25, -0.2) is 4.98 Å². The van der Waals surface area contributed by atoms with Crippen LogP contribution in [0.3, 0.4) is 0 Å². The third-order valence-corrected chi connectivity index (χ3v) is 3.88. The number of pyridine rings is 1. The molecule has 1 unspecified atom stereocenters. The molecule has 110 valence electrons. The number of rotatable bonds is 6. The summed E-state index contributed by atoms with van der Waals surface area (Å²) in [5.41, 5.74) is 0.833. The van der Waals surface area contributed by atoms with Gasteiger partial charge in [0.25, 0.3) is 0 Å². The molecular weight excluding hydrogens is 254 g/mol. The molecule has 2 N–H and O–H groups in total.